The summed E-state index contributed by atoms with van der Waals surface area (Å²) in [6.07, 6.45) is 4.24. The number of nitrogens with zero attached hydrogens (tertiary/aromatic N) is 3. The maximum atomic E-state index is 13.2. The molecule has 1 saturated carbocycles. The van der Waals surface area contributed by atoms with Gasteiger partial charge in [-0.25, -0.2) is 4.79 Å². The van der Waals surface area contributed by atoms with Gasteiger partial charge in [0, 0.05) is 34.4 Å². The summed E-state index contributed by atoms with van der Waals surface area (Å²) in [5, 5.41) is 4.67. The molecule has 1 heterocycles. The Morgan fingerprint density at radius 2 is 2.00 bits per heavy atom. The van der Waals surface area contributed by atoms with Gasteiger partial charge in [0.15, 0.2) is 6.04 Å². The van der Waals surface area contributed by atoms with Gasteiger partial charge in [-0.15, -0.1) is 0 Å². The molecule has 0 spiro atoms. The smallest absolute Gasteiger partial charge is 0.333 e. The minimum atomic E-state index is -1.13. The molecule has 0 saturated heterocycles. The summed E-state index contributed by atoms with van der Waals surface area (Å²) in [5.41, 5.74) is 0.541. The summed E-state index contributed by atoms with van der Waals surface area (Å²) in [6.45, 7) is 4.25. The van der Waals surface area contributed by atoms with E-state index in [1.54, 1.807) is 23.7 Å². The Morgan fingerprint density at radius 1 is 1.28 bits per heavy atom. The average molecular weight is 438 g/mol. The number of rotatable bonds is 8. The van der Waals surface area contributed by atoms with Crippen LogP contribution in [0.1, 0.15) is 48.7 Å². The molecule has 1 atom stereocenters. The molecule has 9 heteroatoms. The molecule has 1 aromatic carbocycles. The highest BCUT2D eigenvalue weighted by Crippen LogP contribution is 2.38. The van der Waals surface area contributed by atoms with E-state index >= 15 is 0 Å². The van der Waals surface area contributed by atoms with E-state index < -0.39 is 23.7 Å². The van der Waals surface area contributed by atoms with Crippen LogP contribution >= 0.6 is 23.2 Å². The zero-order chi connectivity index (χ0) is 21.1. The third-order valence-electron chi connectivity index (χ3n) is 4.63. The Morgan fingerprint density at radius 3 is 2.55 bits per heavy atom. The number of aromatic nitrogens is 2. The fraction of sp³-hybridized carbons (Fsp3) is 0.400. The van der Waals surface area contributed by atoms with E-state index in [1.807, 2.05) is 6.92 Å². The summed E-state index contributed by atoms with van der Waals surface area (Å²) in [5.74, 6) is -2.16. The summed E-state index contributed by atoms with van der Waals surface area (Å²) < 4.78 is 6.76. The van der Waals surface area contributed by atoms with Crippen LogP contribution in [0.5, 0.6) is 0 Å². The third-order valence-corrected chi connectivity index (χ3v) is 5.20. The van der Waals surface area contributed by atoms with Gasteiger partial charge in [-0.3, -0.25) is 14.3 Å². The molecular weight excluding hydrogens is 417 g/mol. The van der Waals surface area contributed by atoms with Crippen LogP contribution in [0.3, 0.4) is 0 Å². The minimum absolute atomic E-state index is 0.129. The number of esters is 1. The van der Waals surface area contributed by atoms with Gasteiger partial charge in [0.05, 0.1) is 18.4 Å². The Labute approximate surface area is 178 Å². The summed E-state index contributed by atoms with van der Waals surface area (Å²) in [6, 6.07) is 3.28. The fourth-order valence-electron chi connectivity index (χ4n) is 3.08. The molecule has 7 nitrogen and oxygen atoms in total. The lowest BCUT2D eigenvalue weighted by Crippen LogP contribution is -2.44. The molecule has 0 radical (unpaired) electrons. The van der Waals surface area contributed by atoms with Gasteiger partial charge in [0.25, 0.3) is 11.7 Å². The highest BCUT2D eigenvalue weighted by molar-refractivity contribution is 6.43. The number of carbonyl (C=O) groups excluding carboxylic acids is 3. The second-order valence-corrected chi connectivity index (χ2v) is 7.52. The Kier molecular flexibility index (Phi) is 6.59. The molecule has 1 aromatic heterocycles. The van der Waals surface area contributed by atoms with Gasteiger partial charge in [-0.1, -0.05) is 29.3 Å². The summed E-state index contributed by atoms with van der Waals surface area (Å²) >= 11 is 12.3. The van der Waals surface area contributed by atoms with E-state index in [4.69, 9.17) is 27.9 Å². The predicted molar refractivity (Wildman–Crippen MR) is 108 cm³/mol. The van der Waals surface area contributed by atoms with Crippen molar-refractivity contribution in [1.82, 2.24) is 14.7 Å². The minimum Gasteiger partial charge on any atom is -0.464 e. The number of hydrogen-bond acceptors (Lipinski definition) is 5. The second kappa shape index (κ2) is 8.97. The van der Waals surface area contributed by atoms with E-state index in [2.05, 4.69) is 5.10 Å². The van der Waals surface area contributed by atoms with E-state index in [-0.39, 0.29) is 23.2 Å². The number of benzene rings is 1. The first kappa shape index (κ1) is 21.3. The highest BCUT2D eigenvalue weighted by Gasteiger charge is 2.45. The molecule has 1 aliphatic rings. The van der Waals surface area contributed by atoms with E-state index in [9.17, 15) is 14.4 Å². The SMILES string of the molecule is CCOC(=O)[C@H](c1ccc(Cl)cc1Cl)N(C(=O)C(=O)c1cnn(CC)c1)C1CC1. The normalized spacial score (nSPS) is 14.3. The van der Waals surface area contributed by atoms with Gasteiger partial charge in [0.2, 0.25) is 0 Å². The number of aryl methyl sites for hydroxylation is 1. The molecule has 0 unspecified atom stereocenters. The average Bonchev–Trinajstić information content (AvgIpc) is 3.41. The van der Waals surface area contributed by atoms with Crippen LogP contribution in [0, 0.1) is 0 Å². The van der Waals surface area contributed by atoms with Crippen LogP contribution in [0.4, 0.5) is 0 Å². The van der Waals surface area contributed by atoms with Crippen molar-refractivity contribution in [3.63, 3.8) is 0 Å². The molecule has 1 fully saturated rings. The zero-order valence-corrected chi connectivity index (χ0v) is 17.6. The van der Waals surface area contributed by atoms with Crippen molar-refractivity contribution >= 4 is 40.9 Å². The molecule has 3 rings (SSSR count). The molecular formula is C20H21Cl2N3O4. The highest BCUT2D eigenvalue weighted by atomic mass is 35.5. The molecule has 1 aliphatic carbocycles. The second-order valence-electron chi connectivity index (χ2n) is 6.68. The van der Waals surface area contributed by atoms with Crippen LogP contribution in [0.2, 0.25) is 10.0 Å². The number of hydrogen-bond donors (Lipinski definition) is 0. The first-order chi connectivity index (χ1) is 13.9. The first-order valence-electron chi connectivity index (χ1n) is 9.38. The standard InChI is InChI=1S/C20H21Cl2N3O4/c1-3-24-11-12(10-23-24)18(26)19(27)25(14-6-7-14)17(20(28)29-4-2)15-8-5-13(21)9-16(15)22/h5,8-11,14,17H,3-4,6-7H2,1-2H3/t17-/m0/s1. The number of Topliss-reactive ketones (excluding diaryl/α,β-unsaturated/α-hetero) is 1. The fourth-order valence-corrected chi connectivity index (χ4v) is 3.59. The monoisotopic (exact) mass is 437 g/mol. The predicted octanol–water partition coefficient (Wildman–Crippen LogP) is 3.69. The van der Waals surface area contributed by atoms with Crippen molar-refractivity contribution in [2.75, 3.05) is 6.61 Å². The van der Waals surface area contributed by atoms with Crippen molar-refractivity contribution in [3.05, 3.63) is 51.8 Å². The topological polar surface area (TPSA) is 81.5 Å². The van der Waals surface area contributed by atoms with Crippen LogP contribution in [-0.4, -0.2) is 45.0 Å². The molecule has 1 amide bonds. The summed E-state index contributed by atoms with van der Waals surface area (Å²) in [4.78, 5) is 40.2. The van der Waals surface area contributed by atoms with Gasteiger partial charge >= 0.3 is 5.97 Å². The molecule has 29 heavy (non-hydrogen) atoms. The van der Waals surface area contributed by atoms with Crippen LogP contribution in [0.25, 0.3) is 0 Å². The largest absolute Gasteiger partial charge is 0.464 e. The lowest BCUT2D eigenvalue weighted by Gasteiger charge is -2.30. The van der Waals surface area contributed by atoms with E-state index in [0.29, 0.717) is 30.0 Å². The molecule has 0 aliphatic heterocycles. The van der Waals surface area contributed by atoms with Crippen LogP contribution in [0.15, 0.2) is 30.6 Å². The van der Waals surface area contributed by atoms with Gasteiger partial charge in [-0.2, -0.15) is 5.10 Å². The maximum absolute atomic E-state index is 13.2. The quantitative estimate of drug-likeness (QED) is 0.357. The molecule has 2 aromatic rings. The Balaban J connectivity index is 2.01. The van der Waals surface area contributed by atoms with E-state index in [0.717, 1.165) is 0 Å². The van der Waals surface area contributed by atoms with Gasteiger partial charge in [0.1, 0.15) is 0 Å². The van der Waals surface area contributed by atoms with Crippen molar-refractivity contribution < 1.29 is 19.1 Å². The molecule has 0 bridgehead atoms. The Bertz CT molecular complexity index is 940. The number of ketones is 1. The van der Waals surface area contributed by atoms with Crippen LogP contribution < -0.4 is 0 Å². The molecule has 154 valence electrons. The number of halogens is 2. The lowest BCUT2D eigenvalue weighted by atomic mass is 10.0. The Hall–Kier alpha value is -2.38. The lowest BCUT2D eigenvalue weighted by molar-refractivity contribution is -0.154. The van der Waals surface area contributed by atoms with Crippen molar-refractivity contribution in [3.8, 4) is 0 Å². The van der Waals surface area contributed by atoms with Gasteiger partial charge < -0.3 is 9.64 Å². The third kappa shape index (κ3) is 4.62. The molecule has 0 N–H and O–H groups in total. The number of ether oxygens (including phenoxy) is 1. The van der Waals surface area contributed by atoms with Crippen molar-refractivity contribution in [1.29, 1.82) is 0 Å². The number of amides is 1. The van der Waals surface area contributed by atoms with Crippen molar-refractivity contribution in [2.24, 2.45) is 0 Å². The van der Waals surface area contributed by atoms with Crippen LogP contribution in [-0.2, 0) is 20.9 Å². The first-order valence-corrected chi connectivity index (χ1v) is 10.1. The van der Waals surface area contributed by atoms with E-state index in [1.165, 1.54) is 23.4 Å². The zero-order valence-electron chi connectivity index (χ0n) is 16.1. The maximum Gasteiger partial charge on any atom is 0.333 e. The van der Waals surface area contributed by atoms with Crippen molar-refractivity contribution in [2.45, 2.75) is 45.3 Å². The van der Waals surface area contributed by atoms with Gasteiger partial charge in [-0.05, 0) is 38.8 Å². The summed E-state index contributed by atoms with van der Waals surface area (Å²) in [7, 11) is 0. The number of carbonyl (C=O) groups is 3.